The molecule has 8 heteroatoms. The summed E-state index contributed by atoms with van der Waals surface area (Å²) in [5, 5.41) is 2.85. The maximum atomic E-state index is 13.1. The highest BCUT2D eigenvalue weighted by atomic mass is 32.2. The van der Waals surface area contributed by atoms with Gasteiger partial charge in [0.15, 0.2) is 0 Å². The highest BCUT2D eigenvalue weighted by Gasteiger charge is 2.24. The van der Waals surface area contributed by atoms with Gasteiger partial charge in [0.05, 0.1) is 17.2 Å². The minimum absolute atomic E-state index is 0.0590. The number of nitrogens with one attached hydrogen (secondary N) is 2. The van der Waals surface area contributed by atoms with Crippen LogP contribution in [-0.2, 0) is 23.0 Å². The van der Waals surface area contributed by atoms with Gasteiger partial charge in [-0.25, -0.2) is 13.1 Å². The van der Waals surface area contributed by atoms with Gasteiger partial charge in [-0.15, -0.1) is 0 Å². The summed E-state index contributed by atoms with van der Waals surface area (Å²) >= 11 is 0. The molecule has 0 spiro atoms. The fourth-order valence-electron chi connectivity index (χ4n) is 3.89. The summed E-state index contributed by atoms with van der Waals surface area (Å²) in [6.07, 6.45) is 0.836. The van der Waals surface area contributed by atoms with Gasteiger partial charge in [-0.05, 0) is 50.1 Å². The van der Waals surface area contributed by atoms with E-state index in [4.69, 9.17) is 9.47 Å². The maximum absolute atomic E-state index is 13.1. The first-order valence-corrected chi connectivity index (χ1v) is 12.7. The number of fused-ring (bicyclic) bond motifs is 1. The summed E-state index contributed by atoms with van der Waals surface area (Å²) in [6, 6.07) is 17.5. The number of aryl methyl sites for hydroxylation is 1. The van der Waals surface area contributed by atoms with Crippen molar-refractivity contribution in [3.05, 3.63) is 82.9 Å². The number of hydrogen-bond acceptors (Lipinski definition) is 5. The third-order valence-electron chi connectivity index (χ3n) is 5.60. The second-order valence-electron chi connectivity index (χ2n) is 8.27. The predicted octanol–water partition coefficient (Wildman–Crippen LogP) is 4.45. The lowest BCUT2D eigenvalue weighted by Gasteiger charge is -2.15. The normalized spacial score (nSPS) is 14.9. The Morgan fingerprint density at radius 1 is 1.12 bits per heavy atom. The van der Waals surface area contributed by atoms with Crippen molar-refractivity contribution >= 4 is 21.6 Å². The van der Waals surface area contributed by atoms with Crippen LogP contribution in [-0.4, -0.2) is 27.0 Å². The fraction of sp³-hybridized carbons (Fsp3) is 0.269. The zero-order valence-corrected chi connectivity index (χ0v) is 20.2. The molecule has 0 aromatic heterocycles. The second kappa shape index (κ2) is 9.87. The third kappa shape index (κ3) is 5.24. The molecule has 3 aromatic rings. The molecule has 2 N–H and O–H groups in total. The van der Waals surface area contributed by atoms with Gasteiger partial charge in [-0.1, -0.05) is 36.4 Å². The van der Waals surface area contributed by atoms with Crippen molar-refractivity contribution in [2.75, 3.05) is 11.9 Å². The highest BCUT2D eigenvalue weighted by Crippen LogP contribution is 2.38. The van der Waals surface area contributed by atoms with E-state index in [1.54, 1.807) is 25.1 Å². The number of amides is 1. The number of benzene rings is 3. The first-order valence-electron chi connectivity index (χ1n) is 11.2. The molecular formula is C26H28N2O5S. The quantitative estimate of drug-likeness (QED) is 0.497. The zero-order chi connectivity index (χ0) is 24.3. The van der Waals surface area contributed by atoms with Crippen molar-refractivity contribution in [2.24, 2.45) is 0 Å². The van der Waals surface area contributed by atoms with Crippen LogP contribution in [0.5, 0.6) is 11.5 Å². The van der Waals surface area contributed by atoms with E-state index >= 15 is 0 Å². The van der Waals surface area contributed by atoms with Gasteiger partial charge in [0.1, 0.15) is 17.6 Å². The van der Waals surface area contributed by atoms with Crippen molar-refractivity contribution in [3.63, 3.8) is 0 Å². The molecule has 0 radical (unpaired) electrons. The molecule has 0 aliphatic carbocycles. The fourth-order valence-corrected chi connectivity index (χ4v) is 5.18. The Morgan fingerprint density at radius 2 is 1.88 bits per heavy atom. The minimum atomic E-state index is -3.82. The van der Waals surface area contributed by atoms with Crippen LogP contribution in [0.3, 0.4) is 0 Å². The molecule has 1 amide bonds. The summed E-state index contributed by atoms with van der Waals surface area (Å²) in [5.41, 5.74) is 3.12. The summed E-state index contributed by atoms with van der Waals surface area (Å²) in [4.78, 5) is 13.1. The largest absolute Gasteiger partial charge is 0.492 e. The van der Waals surface area contributed by atoms with Gasteiger partial charge in [0, 0.05) is 30.2 Å². The summed E-state index contributed by atoms with van der Waals surface area (Å²) < 4.78 is 40.1. The van der Waals surface area contributed by atoms with Crippen molar-refractivity contribution in [1.29, 1.82) is 0 Å². The Morgan fingerprint density at radius 3 is 2.62 bits per heavy atom. The SMILES string of the molecule is CCOc1cc2c(cc1NC(=O)c1ccc(C)c(S(=O)(=O)NCc3ccccc3)c1)O[C@@H](C)C2. The number of ether oxygens (including phenoxy) is 2. The second-order valence-corrected chi connectivity index (χ2v) is 10.0. The molecule has 1 atom stereocenters. The number of carbonyl (C=O) groups excluding carboxylic acids is 1. The molecule has 0 fully saturated rings. The molecule has 178 valence electrons. The molecular weight excluding hydrogens is 452 g/mol. The van der Waals surface area contributed by atoms with Crippen LogP contribution in [0.15, 0.2) is 65.6 Å². The van der Waals surface area contributed by atoms with Crippen LogP contribution in [0.4, 0.5) is 5.69 Å². The smallest absolute Gasteiger partial charge is 0.255 e. The summed E-state index contributed by atoms with van der Waals surface area (Å²) in [6.45, 7) is 6.16. The van der Waals surface area contributed by atoms with Crippen LogP contribution in [0, 0.1) is 6.92 Å². The van der Waals surface area contributed by atoms with E-state index in [0.717, 1.165) is 17.5 Å². The molecule has 7 nitrogen and oxygen atoms in total. The van der Waals surface area contributed by atoms with E-state index in [1.165, 1.54) is 6.07 Å². The van der Waals surface area contributed by atoms with E-state index in [0.29, 0.717) is 29.4 Å². The first kappa shape index (κ1) is 23.8. The van der Waals surface area contributed by atoms with Gasteiger partial charge in [0.25, 0.3) is 5.91 Å². The summed E-state index contributed by atoms with van der Waals surface area (Å²) in [7, 11) is -3.82. The van der Waals surface area contributed by atoms with E-state index in [9.17, 15) is 13.2 Å². The number of hydrogen-bond donors (Lipinski definition) is 2. The maximum Gasteiger partial charge on any atom is 0.255 e. The van der Waals surface area contributed by atoms with Crippen LogP contribution in [0.25, 0.3) is 0 Å². The van der Waals surface area contributed by atoms with Gasteiger partial charge < -0.3 is 14.8 Å². The molecule has 0 unspecified atom stereocenters. The molecule has 1 aliphatic rings. The lowest BCUT2D eigenvalue weighted by Crippen LogP contribution is -2.24. The number of anilines is 1. The molecule has 0 saturated carbocycles. The Kier molecular flexibility index (Phi) is 6.90. The molecule has 0 saturated heterocycles. The van der Waals surface area contributed by atoms with Crippen molar-refractivity contribution in [3.8, 4) is 11.5 Å². The average Bonchev–Trinajstić information content (AvgIpc) is 3.17. The molecule has 0 bridgehead atoms. The van der Waals surface area contributed by atoms with Crippen molar-refractivity contribution in [2.45, 2.75) is 44.7 Å². The molecule has 1 aliphatic heterocycles. The van der Waals surface area contributed by atoms with Crippen molar-refractivity contribution < 1.29 is 22.7 Å². The van der Waals surface area contributed by atoms with Crippen LogP contribution in [0.1, 0.15) is 40.9 Å². The lowest BCUT2D eigenvalue weighted by molar-refractivity contribution is 0.102. The van der Waals surface area contributed by atoms with Gasteiger partial charge >= 0.3 is 0 Å². The van der Waals surface area contributed by atoms with Gasteiger partial charge in [0.2, 0.25) is 10.0 Å². The third-order valence-corrected chi connectivity index (χ3v) is 7.14. The minimum Gasteiger partial charge on any atom is -0.492 e. The van der Waals surface area contributed by atoms with Crippen LogP contribution in [0.2, 0.25) is 0 Å². The molecule has 4 rings (SSSR count). The van der Waals surface area contributed by atoms with Crippen LogP contribution < -0.4 is 19.5 Å². The Hall–Kier alpha value is -3.36. The van der Waals surface area contributed by atoms with E-state index in [-0.39, 0.29) is 23.1 Å². The van der Waals surface area contributed by atoms with E-state index in [2.05, 4.69) is 10.0 Å². The first-order chi connectivity index (χ1) is 16.3. The Balaban J connectivity index is 1.57. The average molecular weight is 481 g/mol. The Labute approximate surface area is 200 Å². The standard InChI is InChI=1S/C26H28N2O5S/c1-4-32-24-13-21-12-18(3)33-23(21)15-22(24)28-26(29)20-11-10-17(2)25(14-20)34(30,31)27-16-19-8-6-5-7-9-19/h5-11,13-15,18,27H,4,12,16H2,1-3H3,(H,28,29)/t18-/m0/s1. The van der Waals surface area contributed by atoms with Crippen molar-refractivity contribution in [1.82, 2.24) is 4.72 Å². The molecule has 1 heterocycles. The highest BCUT2D eigenvalue weighted by molar-refractivity contribution is 7.89. The number of rotatable bonds is 8. The molecule has 34 heavy (non-hydrogen) atoms. The molecule has 3 aromatic carbocycles. The summed E-state index contributed by atoms with van der Waals surface area (Å²) in [5.74, 6) is 0.826. The monoisotopic (exact) mass is 480 g/mol. The lowest BCUT2D eigenvalue weighted by atomic mass is 10.1. The number of sulfonamides is 1. The van der Waals surface area contributed by atoms with Gasteiger partial charge in [-0.3, -0.25) is 4.79 Å². The zero-order valence-electron chi connectivity index (χ0n) is 19.4. The van der Waals surface area contributed by atoms with E-state index in [1.807, 2.05) is 50.2 Å². The Bertz CT molecular complexity index is 1310. The van der Waals surface area contributed by atoms with Gasteiger partial charge in [-0.2, -0.15) is 0 Å². The van der Waals surface area contributed by atoms with E-state index < -0.39 is 15.9 Å². The number of carbonyl (C=O) groups is 1. The van der Waals surface area contributed by atoms with Crippen LogP contribution >= 0.6 is 0 Å². The predicted molar refractivity (Wildman–Crippen MR) is 131 cm³/mol. The topological polar surface area (TPSA) is 93.7 Å².